The fourth-order valence-electron chi connectivity index (χ4n) is 2.10. The maximum absolute atomic E-state index is 12.7. The second-order valence-electron chi connectivity index (χ2n) is 4.82. The average Bonchev–Trinajstić information content (AvgIpc) is 2.39. The fourth-order valence-corrected chi connectivity index (χ4v) is 4.23. The molecule has 0 radical (unpaired) electrons. The van der Waals surface area contributed by atoms with E-state index in [1.165, 1.54) is 12.4 Å². The van der Waals surface area contributed by atoms with Crippen LogP contribution in [-0.2, 0) is 10.0 Å². The van der Waals surface area contributed by atoms with E-state index in [9.17, 15) is 8.42 Å². The number of hydrogen-bond donors (Lipinski definition) is 2. The minimum absolute atomic E-state index is 0.226. The van der Waals surface area contributed by atoms with Gasteiger partial charge in [0, 0.05) is 18.1 Å². The van der Waals surface area contributed by atoms with Gasteiger partial charge in [0.05, 0.1) is 15.1 Å². The number of sulfonamides is 1. The van der Waals surface area contributed by atoms with Gasteiger partial charge in [-0.25, -0.2) is 8.42 Å². The zero-order valence-corrected chi connectivity index (χ0v) is 14.3. The van der Waals surface area contributed by atoms with Gasteiger partial charge in [0.15, 0.2) is 0 Å². The number of halogens is 1. The molecule has 0 atom stereocenters. The number of aryl methyl sites for hydroxylation is 1. The van der Waals surface area contributed by atoms with Crippen LogP contribution < -0.4 is 10.5 Å². The van der Waals surface area contributed by atoms with Crippen molar-refractivity contribution in [3.8, 4) is 0 Å². The summed E-state index contributed by atoms with van der Waals surface area (Å²) < 4.78 is 28.5. The van der Waals surface area contributed by atoms with Crippen molar-refractivity contribution in [1.82, 2.24) is 4.98 Å². The van der Waals surface area contributed by atoms with E-state index < -0.39 is 10.0 Å². The summed E-state index contributed by atoms with van der Waals surface area (Å²) in [5.74, 6) is 0. The van der Waals surface area contributed by atoms with Crippen LogP contribution in [-0.4, -0.2) is 13.4 Å². The third-order valence-corrected chi connectivity index (χ3v) is 5.63. The van der Waals surface area contributed by atoms with Crippen LogP contribution in [0.1, 0.15) is 16.7 Å². The quantitative estimate of drug-likeness (QED) is 0.813. The van der Waals surface area contributed by atoms with Gasteiger partial charge in [-0.2, -0.15) is 0 Å². The van der Waals surface area contributed by atoms with E-state index in [0.717, 1.165) is 5.56 Å². The molecule has 2 rings (SSSR count). The fraction of sp³-hybridized carbons (Fsp3) is 0.214. The number of nitrogens with one attached hydrogen (secondary N) is 1. The lowest BCUT2D eigenvalue weighted by Crippen LogP contribution is -2.17. The molecule has 1 aromatic carbocycles. The van der Waals surface area contributed by atoms with Crippen LogP contribution in [0.2, 0.25) is 0 Å². The number of hydrogen-bond acceptors (Lipinski definition) is 4. The van der Waals surface area contributed by atoms with E-state index in [4.69, 9.17) is 5.73 Å². The smallest absolute Gasteiger partial charge is 0.262 e. The Morgan fingerprint density at radius 1 is 1.24 bits per heavy atom. The molecule has 0 fully saturated rings. The predicted molar refractivity (Wildman–Crippen MR) is 87.8 cm³/mol. The van der Waals surface area contributed by atoms with Crippen LogP contribution in [0.5, 0.6) is 0 Å². The zero-order valence-electron chi connectivity index (χ0n) is 11.9. The number of rotatable bonds is 3. The van der Waals surface area contributed by atoms with Crippen molar-refractivity contribution in [3.05, 3.63) is 45.7 Å². The molecular formula is C14H16BrN3O2S. The first-order valence-corrected chi connectivity index (χ1v) is 8.50. The molecule has 0 spiro atoms. The van der Waals surface area contributed by atoms with E-state index in [1.54, 1.807) is 26.0 Å². The summed E-state index contributed by atoms with van der Waals surface area (Å²) in [5, 5.41) is 0. The highest BCUT2D eigenvalue weighted by Gasteiger charge is 2.23. The minimum atomic E-state index is -3.73. The number of pyridine rings is 1. The third kappa shape index (κ3) is 3.03. The highest BCUT2D eigenvalue weighted by atomic mass is 79.9. The van der Waals surface area contributed by atoms with E-state index >= 15 is 0 Å². The van der Waals surface area contributed by atoms with Gasteiger partial charge in [0.25, 0.3) is 10.0 Å². The van der Waals surface area contributed by atoms with Crippen molar-refractivity contribution in [2.45, 2.75) is 25.7 Å². The molecule has 0 aliphatic rings. The van der Waals surface area contributed by atoms with E-state index in [-0.39, 0.29) is 4.90 Å². The largest absolute Gasteiger partial charge is 0.398 e. The lowest BCUT2D eigenvalue weighted by atomic mass is 10.1. The number of benzene rings is 1. The maximum atomic E-state index is 12.7. The Kier molecular flexibility index (Phi) is 4.25. The molecule has 5 nitrogen and oxygen atoms in total. The molecule has 0 saturated carbocycles. The first-order valence-electron chi connectivity index (χ1n) is 6.22. The first-order chi connectivity index (χ1) is 9.74. The molecule has 1 heterocycles. The molecule has 1 aromatic heterocycles. The van der Waals surface area contributed by atoms with Gasteiger partial charge in [-0.05, 0) is 65.5 Å². The monoisotopic (exact) mass is 369 g/mol. The molecule has 112 valence electrons. The molecule has 0 unspecified atom stereocenters. The van der Waals surface area contributed by atoms with E-state index in [2.05, 4.69) is 25.6 Å². The van der Waals surface area contributed by atoms with Crippen LogP contribution in [0.4, 0.5) is 11.4 Å². The Morgan fingerprint density at radius 2 is 1.90 bits per heavy atom. The van der Waals surface area contributed by atoms with Gasteiger partial charge in [-0.3, -0.25) is 9.71 Å². The first kappa shape index (κ1) is 15.8. The van der Waals surface area contributed by atoms with Crippen molar-refractivity contribution in [3.63, 3.8) is 0 Å². The summed E-state index contributed by atoms with van der Waals surface area (Å²) in [6.45, 7) is 5.32. The summed E-state index contributed by atoms with van der Waals surface area (Å²) in [6, 6.07) is 3.37. The second-order valence-corrected chi connectivity index (χ2v) is 7.30. The van der Waals surface area contributed by atoms with Crippen molar-refractivity contribution in [2.24, 2.45) is 0 Å². The van der Waals surface area contributed by atoms with Crippen LogP contribution in [0.25, 0.3) is 0 Å². The Morgan fingerprint density at radius 3 is 2.52 bits per heavy atom. The summed E-state index contributed by atoms with van der Waals surface area (Å²) in [4.78, 5) is 4.13. The van der Waals surface area contributed by atoms with Crippen molar-refractivity contribution >= 4 is 37.3 Å². The predicted octanol–water partition coefficient (Wildman–Crippen LogP) is 3.15. The molecule has 2 aromatic rings. The normalized spacial score (nSPS) is 11.4. The summed E-state index contributed by atoms with van der Waals surface area (Å²) in [6.07, 6.45) is 3.05. The van der Waals surface area contributed by atoms with Crippen molar-refractivity contribution < 1.29 is 8.42 Å². The van der Waals surface area contributed by atoms with E-state index in [0.29, 0.717) is 27.0 Å². The molecule has 0 aliphatic heterocycles. The molecule has 0 bridgehead atoms. The highest BCUT2D eigenvalue weighted by molar-refractivity contribution is 9.10. The van der Waals surface area contributed by atoms with Gasteiger partial charge >= 0.3 is 0 Å². The molecule has 21 heavy (non-hydrogen) atoms. The lowest BCUT2D eigenvalue weighted by Gasteiger charge is -2.16. The minimum Gasteiger partial charge on any atom is -0.398 e. The number of nitrogen functional groups attached to an aromatic ring is 1. The van der Waals surface area contributed by atoms with Crippen LogP contribution in [0, 0.1) is 20.8 Å². The lowest BCUT2D eigenvalue weighted by molar-refractivity contribution is 0.600. The third-order valence-electron chi connectivity index (χ3n) is 3.36. The van der Waals surface area contributed by atoms with Crippen molar-refractivity contribution in [1.29, 1.82) is 0 Å². The standard InChI is InChI=1S/C14H16BrN3O2S/c1-8-6-12(16)10(3)14(9(8)2)21(19,20)18-13-4-5-17-7-11(13)15/h4-7H,16H2,1-3H3,(H,17,18). The van der Waals surface area contributed by atoms with Gasteiger partial charge in [0.2, 0.25) is 0 Å². The maximum Gasteiger partial charge on any atom is 0.262 e. The van der Waals surface area contributed by atoms with Gasteiger partial charge in [0.1, 0.15) is 0 Å². The molecular weight excluding hydrogens is 354 g/mol. The average molecular weight is 370 g/mol. The number of nitrogens with two attached hydrogens (primary N) is 1. The SMILES string of the molecule is Cc1cc(N)c(C)c(S(=O)(=O)Nc2ccncc2Br)c1C. The highest BCUT2D eigenvalue weighted by Crippen LogP contribution is 2.30. The number of nitrogens with zero attached hydrogens (tertiary/aromatic N) is 1. The number of anilines is 2. The van der Waals surface area contributed by atoms with Gasteiger partial charge in [-0.15, -0.1) is 0 Å². The topological polar surface area (TPSA) is 85.1 Å². The molecule has 0 aliphatic carbocycles. The Bertz CT molecular complexity index is 778. The Labute approximate surface area is 132 Å². The molecule has 0 amide bonds. The van der Waals surface area contributed by atoms with Gasteiger partial charge < -0.3 is 5.73 Å². The molecule has 0 saturated heterocycles. The summed E-state index contributed by atoms with van der Waals surface area (Å²) in [7, 11) is -3.73. The molecule has 3 N–H and O–H groups in total. The van der Waals surface area contributed by atoms with Crippen molar-refractivity contribution in [2.75, 3.05) is 10.5 Å². The van der Waals surface area contributed by atoms with Gasteiger partial charge in [-0.1, -0.05) is 0 Å². The Hall–Kier alpha value is -1.60. The summed E-state index contributed by atoms with van der Waals surface area (Å²) in [5.41, 5.74) is 8.88. The zero-order chi connectivity index (χ0) is 15.8. The van der Waals surface area contributed by atoms with Crippen LogP contribution in [0.3, 0.4) is 0 Å². The second kappa shape index (κ2) is 5.65. The number of aromatic nitrogens is 1. The van der Waals surface area contributed by atoms with Crippen LogP contribution >= 0.6 is 15.9 Å². The van der Waals surface area contributed by atoms with Crippen LogP contribution in [0.15, 0.2) is 33.9 Å². The Balaban J connectivity index is 2.58. The molecule has 7 heteroatoms. The summed E-state index contributed by atoms with van der Waals surface area (Å²) >= 11 is 3.27. The van der Waals surface area contributed by atoms with E-state index in [1.807, 2.05) is 6.92 Å².